The molecular weight excluding hydrogens is 304 g/mol. The molecule has 2 aliphatic carbocycles. The Morgan fingerprint density at radius 2 is 2.25 bits per heavy atom. The van der Waals surface area contributed by atoms with E-state index in [1.807, 2.05) is 12.1 Å². The van der Waals surface area contributed by atoms with Crippen LogP contribution in [0.25, 0.3) is 11.6 Å². The van der Waals surface area contributed by atoms with Gasteiger partial charge in [-0.05, 0) is 31.4 Å². The number of aromatic amines is 1. The molecule has 0 amide bonds. The highest BCUT2D eigenvalue weighted by Crippen LogP contribution is 2.60. The van der Waals surface area contributed by atoms with Gasteiger partial charge in [0.25, 0.3) is 0 Å². The third-order valence-electron chi connectivity index (χ3n) is 6.29. The van der Waals surface area contributed by atoms with Crippen molar-refractivity contribution in [1.29, 1.82) is 0 Å². The van der Waals surface area contributed by atoms with Gasteiger partial charge >= 0.3 is 0 Å². The fourth-order valence-electron chi connectivity index (χ4n) is 5.28. The van der Waals surface area contributed by atoms with Crippen molar-refractivity contribution in [3.8, 4) is 11.6 Å². The van der Waals surface area contributed by atoms with Crippen molar-refractivity contribution in [1.82, 2.24) is 20.5 Å². The first-order valence-electron chi connectivity index (χ1n) is 9.17. The largest absolute Gasteiger partial charge is 0.461 e. The van der Waals surface area contributed by atoms with Gasteiger partial charge in [0.2, 0.25) is 5.82 Å². The average molecular weight is 328 g/mol. The first-order chi connectivity index (χ1) is 11.9. The summed E-state index contributed by atoms with van der Waals surface area (Å²) < 4.78 is 11.4. The number of aromatic nitrogens is 3. The molecule has 3 heterocycles. The zero-order chi connectivity index (χ0) is 16.0. The molecule has 1 saturated heterocycles. The number of hydrogen-bond donors (Lipinski definition) is 2. The van der Waals surface area contributed by atoms with Crippen LogP contribution < -0.4 is 5.32 Å². The van der Waals surface area contributed by atoms with Gasteiger partial charge in [0.05, 0.1) is 12.4 Å². The lowest BCUT2D eigenvalue weighted by Crippen LogP contribution is -2.67. The molecule has 2 aromatic rings. The fraction of sp³-hybridized carbons (Fsp3) is 0.667. The fourth-order valence-corrected chi connectivity index (χ4v) is 5.28. The lowest BCUT2D eigenvalue weighted by Gasteiger charge is -2.57. The van der Waals surface area contributed by atoms with E-state index in [0.717, 1.165) is 31.3 Å². The van der Waals surface area contributed by atoms with E-state index in [0.29, 0.717) is 29.1 Å². The number of furan rings is 1. The van der Waals surface area contributed by atoms with Crippen molar-refractivity contribution in [2.75, 3.05) is 13.2 Å². The van der Waals surface area contributed by atoms with E-state index in [-0.39, 0.29) is 0 Å². The molecule has 3 atom stereocenters. The van der Waals surface area contributed by atoms with Crippen LogP contribution in [0.2, 0.25) is 0 Å². The minimum Gasteiger partial charge on any atom is -0.461 e. The summed E-state index contributed by atoms with van der Waals surface area (Å²) in [5.41, 5.74) is 0.419. The van der Waals surface area contributed by atoms with Crippen LogP contribution >= 0.6 is 0 Å². The van der Waals surface area contributed by atoms with E-state index in [2.05, 4.69) is 20.5 Å². The second kappa shape index (κ2) is 5.70. The first-order valence-corrected chi connectivity index (χ1v) is 9.17. The number of nitrogens with zero attached hydrogens (tertiary/aromatic N) is 2. The molecule has 0 unspecified atom stereocenters. The molecule has 2 N–H and O–H groups in total. The Hall–Kier alpha value is -1.66. The standard InChI is InChI=1S/C18H24N4O2/c1-2-8-18(7-1)15(12-6-11-24-16(12)18)19-9-5-14-20-17(22-21-14)13-4-3-10-23-13/h3-4,10,12,15-16,19H,1-2,5-9,11H2,(H,20,21,22)/t12-,15-,16+/m1/s1. The maximum atomic E-state index is 6.05. The summed E-state index contributed by atoms with van der Waals surface area (Å²) >= 11 is 0. The highest BCUT2D eigenvalue weighted by Gasteiger charge is 2.64. The quantitative estimate of drug-likeness (QED) is 0.882. The van der Waals surface area contributed by atoms with E-state index in [1.165, 1.54) is 32.1 Å². The third kappa shape index (κ3) is 2.16. The SMILES string of the molecule is c1coc(-c2n[nH]c(CCN[C@@H]3[C@H]4CCO[C@@H]4C34CCCC4)n2)c1. The molecule has 0 bridgehead atoms. The molecular formula is C18H24N4O2. The van der Waals surface area contributed by atoms with Gasteiger partial charge in [-0.15, -0.1) is 0 Å². The molecule has 3 aliphatic rings. The van der Waals surface area contributed by atoms with Crippen molar-refractivity contribution >= 4 is 0 Å². The first kappa shape index (κ1) is 14.7. The van der Waals surface area contributed by atoms with E-state index in [9.17, 15) is 0 Å². The lowest BCUT2D eigenvalue weighted by molar-refractivity contribution is -0.130. The molecule has 0 aromatic carbocycles. The van der Waals surface area contributed by atoms with Gasteiger partial charge in [-0.1, -0.05) is 12.8 Å². The molecule has 24 heavy (non-hydrogen) atoms. The summed E-state index contributed by atoms with van der Waals surface area (Å²) in [5, 5.41) is 11.1. The molecule has 3 fully saturated rings. The molecule has 1 aliphatic heterocycles. The summed E-state index contributed by atoms with van der Waals surface area (Å²) in [5.74, 6) is 2.97. The van der Waals surface area contributed by atoms with Crippen LogP contribution in [0.4, 0.5) is 0 Å². The minimum atomic E-state index is 0.419. The number of H-pyrrole nitrogens is 1. The van der Waals surface area contributed by atoms with Gasteiger partial charge in [0, 0.05) is 36.9 Å². The third-order valence-corrected chi connectivity index (χ3v) is 6.29. The van der Waals surface area contributed by atoms with Crippen LogP contribution in [0.15, 0.2) is 22.8 Å². The lowest BCUT2D eigenvalue weighted by atomic mass is 9.54. The van der Waals surface area contributed by atoms with Crippen LogP contribution in [0.5, 0.6) is 0 Å². The summed E-state index contributed by atoms with van der Waals surface area (Å²) in [6.07, 6.45) is 9.62. The van der Waals surface area contributed by atoms with Gasteiger partial charge in [-0.25, -0.2) is 4.98 Å². The molecule has 1 spiro atoms. The van der Waals surface area contributed by atoms with Crippen LogP contribution in [0.1, 0.15) is 37.9 Å². The molecule has 128 valence electrons. The van der Waals surface area contributed by atoms with Gasteiger partial charge in [-0.2, -0.15) is 5.10 Å². The van der Waals surface area contributed by atoms with Gasteiger partial charge in [-0.3, -0.25) is 5.10 Å². The monoisotopic (exact) mass is 328 g/mol. The van der Waals surface area contributed by atoms with Crippen molar-refractivity contribution in [2.45, 2.75) is 50.7 Å². The smallest absolute Gasteiger partial charge is 0.216 e. The highest BCUT2D eigenvalue weighted by molar-refractivity contribution is 5.45. The summed E-state index contributed by atoms with van der Waals surface area (Å²) in [6.45, 7) is 1.88. The summed E-state index contributed by atoms with van der Waals surface area (Å²) in [4.78, 5) is 4.52. The number of ether oxygens (including phenoxy) is 1. The van der Waals surface area contributed by atoms with Gasteiger partial charge in [0.15, 0.2) is 5.76 Å². The number of fused-ring (bicyclic) bond motifs is 2. The second-order valence-corrected chi connectivity index (χ2v) is 7.45. The molecule has 6 nitrogen and oxygen atoms in total. The zero-order valence-corrected chi connectivity index (χ0v) is 13.8. The van der Waals surface area contributed by atoms with Crippen LogP contribution in [0.3, 0.4) is 0 Å². The minimum absolute atomic E-state index is 0.419. The van der Waals surface area contributed by atoms with E-state index in [1.54, 1.807) is 6.26 Å². The summed E-state index contributed by atoms with van der Waals surface area (Å²) in [6, 6.07) is 4.36. The van der Waals surface area contributed by atoms with E-state index >= 15 is 0 Å². The normalized spacial score (nSPS) is 30.6. The van der Waals surface area contributed by atoms with E-state index < -0.39 is 0 Å². The van der Waals surface area contributed by atoms with Crippen molar-refractivity contribution in [2.24, 2.45) is 11.3 Å². The second-order valence-electron chi connectivity index (χ2n) is 7.45. The Morgan fingerprint density at radius 3 is 3.08 bits per heavy atom. The summed E-state index contributed by atoms with van der Waals surface area (Å²) in [7, 11) is 0. The van der Waals surface area contributed by atoms with Crippen molar-refractivity contribution in [3.63, 3.8) is 0 Å². The predicted molar refractivity (Wildman–Crippen MR) is 88.3 cm³/mol. The maximum Gasteiger partial charge on any atom is 0.216 e. The number of rotatable bonds is 5. The van der Waals surface area contributed by atoms with Crippen molar-refractivity contribution < 1.29 is 9.15 Å². The van der Waals surface area contributed by atoms with Gasteiger partial charge < -0.3 is 14.5 Å². The highest BCUT2D eigenvalue weighted by atomic mass is 16.5. The maximum absolute atomic E-state index is 6.05. The predicted octanol–water partition coefficient (Wildman–Crippen LogP) is 2.54. The van der Waals surface area contributed by atoms with Crippen LogP contribution in [-0.4, -0.2) is 40.5 Å². The Kier molecular flexibility index (Phi) is 3.49. The molecule has 2 saturated carbocycles. The molecule has 2 aromatic heterocycles. The Bertz CT molecular complexity index is 690. The van der Waals surface area contributed by atoms with Crippen LogP contribution in [-0.2, 0) is 11.2 Å². The van der Waals surface area contributed by atoms with Crippen molar-refractivity contribution in [3.05, 3.63) is 24.2 Å². The Balaban J connectivity index is 1.21. The topological polar surface area (TPSA) is 76.0 Å². The Morgan fingerprint density at radius 1 is 1.33 bits per heavy atom. The molecule has 0 radical (unpaired) electrons. The number of hydrogen-bond acceptors (Lipinski definition) is 5. The zero-order valence-electron chi connectivity index (χ0n) is 13.8. The molecule has 6 heteroatoms. The average Bonchev–Trinajstić information content (AvgIpc) is 3.39. The Labute approximate surface area is 141 Å². The molecule has 5 rings (SSSR count). The van der Waals surface area contributed by atoms with Gasteiger partial charge in [0.1, 0.15) is 5.82 Å². The van der Waals surface area contributed by atoms with Crippen LogP contribution in [0, 0.1) is 11.3 Å². The number of nitrogens with one attached hydrogen (secondary N) is 2. The van der Waals surface area contributed by atoms with E-state index in [4.69, 9.17) is 9.15 Å².